The van der Waals surface area contributed by atoms with Crippen molar-refractivity contribution in [3.63, 3.8) is 0 Å². The zero-order valence-corrected chi connectivity index (χ0v) is 14.7. The Morgan fingerprint density at radius 3 is 2.45 bits per heavy atom. The third-order valence-corrected chi connectivity index (χ3v) is 4.36. The minimum Gasteiger partial charge on any atom is -0.357 e. The van der Waals surface area contributed by atoms with Gasteiger partial charge in [0.25, 0.3) is 0 Å². The molecule has 1 aliphatic rings. The lowest BCUT2D eigenvalue weighted by Crippen LogP contribution is -2.44. The number of rotatable bonds is 8. The van der Waals surface area contributed by atoms with Crippen molar-refractivity contribution in [2.75, 3.05) is 19.6 Å². The summed E-state index contributed by atoms with van der Waals surface area (Å²) in [7, 11) is 0. The van der Waals surface area contributed by atoms with Crippen LogP contribution in [0.1, 0.15) is 59.8 Å². The fraction of sp³-hybridized carbons (Fsp3) is 0.882. The van der Waals surface area contributed by atoms with Crippen molar-refractivity contribution >= 4 is 11.9 Å². The van der Waals surface area contributed by atoms with E-state index in [9.17, 15) is 4.79 Å². The molecular weight excluding hydrogens is 276 g/mol. The monoisotopic (exact) mass is 310 g/mol. The molecule has 0 radical (unpaired) electrons. The van der Waals surface area contributed by atoms with Gasteiger partial charge in [0.1, 0.15) is 0 Å². The van der Waals surface area contributed by atoms with E-state index in [1.165, 1.54) is 25.7 Å². The van der Waals surface area contributed by atoms with Gasteiger partial charge in [0, 0.05) is 25.6 Å². The van der Waals surface area contributed by atoms with Crippen molar-refractivity contribution < 1.29 is 4.79 Å². The summed E-state index contributed by atoms with van der Waals surface area (Å²) in [5, 5.41) is 9.61. The maximum Gasteiger partial charge on any atom is 0.220 e. The van der Waals surface area contributed by atoms with Crippen LogP contribution in [-0.4, -0.2) is 37.5 Å². The van der Waals surface area contributed by atoms with Crippen LogP contribution in [0.25, 0.3) is 0 Å². The number of carbonyl (C=O) groups excluding carboxylic acids is 1. The molecule has 1 fully saturated rings. The van der Waals surface area contributed by atoms with E-state index in [0.29, 0.717) is 37.4 Å². The van der Waals surface area contributed by atoms with Crippen LogP contribution in [0.15, 0.2) is 4.99 Å². The molecule has 0 heterocycles. The minimum absolute atomic E-state index is 0.176. The number of aliphatic imine (C=N–C) groups is 1. The molecule has 1 saturated carbocycles. The number of carbonyl (C=O) groups is 1. The Labute approximate surface area is 135 Å². The molecule has 3 N–H and O–H groups in total. The highest BCUT2D eigenvalue weighted by molar-refractivity contribution is 5.80. The summed E-state index contributed by atoms with van der Waals surface area (Å²) in [4.78, 5) is 16.4. The fourth-order valence-corrected chi connectivity index (χ4v) is 2.61. The summed E-state index contributed by atoms with van der Waals surface area (Å²) in [5.41, 5.74) is 0. The van der Waals surface area contributed by atoms with Gasteiger partial charge in [0.05, 0.1) is 6.54 Å². The Morgan fingerprint density at radius 2 is 1.86 bits per heavy atom. The molecule has 0 bridgehead atoms. The predicted molar refractivity (Wildman–Crippen MR) is 93.0 cm³/mol. The number of nitrogens with zero attached hydrogens (tertiary/aromatic N) is 1. The van der Waals surface area contributed by atoms with Crippen LogP contribution in [0.5, 0.6) is 0 Å². The van der Waals surface area contributed by atoms with Crippen molar-refractivity contribution in [3.8, 4) is 0 Å². The third kappa shape index (κ3) is 7.66. The van der Waals surface area contributed by atoms with Gasteiger partial charge >= 0.3 is 0 Å². The summed E-state index contributed by atoms with van der Waals surface area (Å²) in [5.74, 6) is 2.16. The average molecular weight is 310 g/mol. The number of hydrogen-bond donors (Lipinski definition) is 3. The van der Waals surface area contributed by atoms with Gasteiger partial charge in [0.2, 0.25) is 5.91 Å². The van der Waals surface area contributed by atoms with Crippen molar-refractivity contribution in [1.82, 2.24) is 16.0 Å². The topological polar surface area (TPSA) is 65.5 Å². The molecule has 22 heavy (non-hydrogen) atoms. The van der Waals surface area contributed by atoms with Crippen LogP contribution in [0, 0.1) is 11.8 Å². The second kappa shape index (κ2) is 10.5. The van der Waals surface area contributed by atoms with Crippen molar-refractivity contribution in [3.05, 3.63) is 0 Å². The number of nitrogens with one attached hydrogen (secondary N) is 3. The van der Waals surface area contributed by atoms with Gasteiger partial charge in [-0.3, -0.25) is 9.79 Å². The van der Waals surface area contributed by atoms with Crippen LogP contribution in [0.4, 0.5) is 0 Å². The number of amides is 1. The van der Waals surface area contributed by atoms with E-state index in [1.807, 2.05) is 0 Å². The van der Waals surface area contributed by atoms with Gasteiger partial charge in [-0.05, 0) is 38.5 Å². The number of guanidine groups is 1. The molecule has 1 amide bonds. The molecule has 0 aliphatic heterocycles. The second-order valence-corrected chi connectivity index (χ2v) is 6.64. The van der Waals surface area contributed by atoms with Crippen LogP contribution >= 0.6 is 0 Å². The van der Waals surface area contributed by atoms with Crippen LogP contribution in [0.2, 0.25) is 0 Å². The molecule has 0 aromatic carbocycles. The SMILES string of the molecule is CCNC(=NCCNC(=O)CC1CCCC1)NC(C)C(C)C. The Balaban J connectivity index is 2.25. The first-order valence-electron chi connectivity index (χ1n) is 8.84. The molecule has 0 saturated heterocycles. The standard InChI is InChI=1S/C17H34N4O/c1-5-18-17(21-14(4)13(2)3)20-11-10-19-16(22)12-15-8-6-7-9-15/h13-15H,5-12H2,1-4H3,(H,19,22)(H2,18,20,21). The first-order chi connectivity index (χ1) is 10.5. The largest absolute Gasteiger partial charge is 0.357 e. The van der Waals surface area contributed by atoms with E-state index in [4.69, 9.17) is 0 Å². The molecule has 1 aliphatic carbocycles. The highest BCUT2D eigenvalue weighted by Gasteiger charge is 2.17. The smallest absolute Gasteiger partial charge is 0.220 e. The van der Waals surface area contributed by atoms with Crippen LogP contribution < -0.4 is 16.0 Å². The van der Waals surface area contributed by atoms with Gasteiger partial charge < -0.3 is 16.0 Å². The quantitative estimate of drug-likeness (QED) is 0.366. The maximum absolute atomic E-state index is 11.8. The number of hydrogen-bond acceptors (Lipinski definition) is 2. The predicted octanol–water partition coefficient (Wildman–Crippen LogP) is 2.28. The van der Waals surface area contributed by atoms with Gasteiger partial charge in [-0.1, -0.05) is 26.7 Å². The van der Waals surface area contributed by atoms with Crippen LogP contribution in [-0.2, 0) is 4.79 Å². The minimum atomic E-state index is 0.176. The van der Waals surface area contributed by atoms with E-state index in [0.717, 1.165) is 12.5 Å². The van der Waals surface area contributed by atoms with Crippen LogP contribution in [0.3, 0.4) is 0 Å². The molecule has 1 rings (SSSR count). The van der Waals surface area contributed by atoms with E-state index in [-0.39, 0.29) is 5.91 Å². The molecule has 5 nitrogen and oxygen atoms in total. The Bertz CT molecular complexity index is 349. The van der Waals surface area contributed by atoms with Gasteiger partial charge in [0.15, 0.2) is 5.96 Å². The zero-order valence-electron chi connectivity index (χ0n) is 14.7. The summed E-state index contributed by atoms with van der Waals surface area (Å²) in [6.45, 7) is 10.6. The van der Waals surface area contributed by atoms with Crippen molar-refractivity contribution in [1.29, 1.82) is 0 Å². The summed E-state index contributed by atoms with van der Waals surface area (Å²) >= 11 is 0. The molecule has 0 spiro atoms. The molecule has 1 atom stereocenters. The van der Waals surface area contributed by atoms with Gasteiger partial charge in [-0.25, -0.2) is 0 Å². The summed E-state index contributed by atoms with van der Waals surface area (Å²) in [6.07, 6.45) is 5.69. The lowest BCUT2D eigenvalue weighted by atomic mass is 10.0. The molecule has 128 valence electrons. The highest BCUT2D eigenvalue weighted by Crippen LogP contribution is 2.27. The average Bonchev–Trinajstić information content (AvgIpc) is 2.96. The fourth-order valence-electron chi connectivity index (χ4n) is 2.61. The lowest BCUT2D eigenvalue weighted by Gasteiger charge is -2.20. The lowest BCUT2D eigenvalue weighted by molar-refractivity contribution is -0.121. The van der Waals surface area contributed by atoms with Crippen molar-refractivity contribution in [2.24, 2.45) is 16.8 Å². The van der Waals surface area contributed by atoms with E-state index in [1.54, 1.807) is 0 Å². The zero-order chi connectivity index (χ0) is 16.4. The van der Waals surface area contributed by atoms with E-state index >= 15 is 0 Å². The Kier molecular flexibility index (Phi) is 8.94. The Morgan fingerprint density at radius 1 is 1.18 bits per heavy atom. The summed E-state index contributed by atoms with van der Waals surface area (Å²) in [6, 6.07) is 0.370. The van der Waals surface area contributed by atoms with Gasteiger partial charge in [-0.2, -0.15) is 0 Å². The van der Waals surface area contributed by atoms with E-state index < -0.39 is 0 Å². The normalized spacial score (nSPS) is 17.6. The molecule has 1 unspecified atom stereocenters. The maximum atomic E-state index is 11.8. The Hall–Kier alpha value is -1.26. The first-order valence-corrected chi connectivity index (χ1v) is 8.84. The van der Waals surface area contributed by atoms with E-state index in [2.05, 4.69) is 48.6 Å². The second-order valence-electron chi connectivity index (χ2n) is 6.64. The molecule has 0 aromatic heterocycles. The molecule has 5 heteroatoms. The molecular formula is C17H34N4O. The third-order valence-electron chi connectivity index (χ3n) is 4.36. The highest BCUT2D eigenvalue weighted by atomic mass is 16.1. The summed E-state index contributed by atoms with van der Waals surface area (Å²) < 4.78 is 0. The molecule has 0 aromatic rings. The first kappa shape index (κ1) is 18.8. The van der Waals surface area contributed by atoms with Gasteiger partial charge in [-0.15, -0.1) is 0 Å². The van der Waals surface area contributed by atoms with Crippen molar-refractivity contribution in [2.45, 2.75) is 65.8 Å².